The van der Waals surface area contributed by atoms with E-state index < -0.39 is 16.9 Å². The third kappa shape index (κ3) is 8.41. The van der Waals surface area contributed by atoms with Gasteiger partial charge in [-0.05, 0) is 51.1 Å². The zero-order valence-corrected chi connectivity index (χ0v) is 25.4. The highest BCUT2D eigenvalue weighted by atomic mass is 32.1. The lowest BCUT2D eigenvalue weighted by atomic mass is 9.95. The van der Waals surface area contributed by atoms with Gasteiger partial charge in [-0.15, -0.1) is 11.3 Å². The van der Waals surface area contributed by atoms with Gasteiger partial charge in [0.1, 0.15) is 21.9 Å². The second-order valence-electron chi connectivity index (χ2n) is 10.8. The van der Waals surface area contributed by atoms with Crippen molar-refractivity contribution in [2.75, 3.05) is 43.4 Å². The Labute approximate surface area is 249 Å². The molecule has 11 nitrogen and oxygen atoms in total. The number of carbonyl (C=O) groups excluding carboxylic acids is 3. The number of esters is 1. The van der Waals surface area contributed by atoms with E-state index in [-0.39, 0.29) is 39.7 Å². The fourth-order valence-corrected chi connectivity index (χ4v) is 5.27. The van der Waals surface area contributed by atoms with Crippen LogP contribution in [0.5, 0.6) is 0 Å². The van der Waals surface area contributed by atoms with Gasteiger partial charge in [0.05, 0.1) is 0 Å². The molecule has 1 aromatic heterocycles. The minimum Gasteiger partial charge on any atom is -0.457 e. The average molecular weight is 595 g/mol. The molecule has 0 unspecified atom stereocenters. The fourth-order valence-electron chi connectivity index (χ4n) is 4.20. The van der Waals surface area contributed by atoms with Gasteiger partial charge in [0.25, 0.3) is 11.5 Å². The Balaban J connectivity index is 1.96. The van der Waals surface area contributed by atoms with Crippen LogP contribution in [0.15, 0.2) is 35.6 Å². The average Bonchev–Trinajstić information content (AvgIpc) is 3.58. The van der Waals surface area contributed by atoms with Gasteiger partial charge in [0.2, 0.25) is 5.91 Å². The summed E-state index contributed by atoms with van der Waals surface area (Å²) in [6.07, 6.45) is 5.17. The molecular weight excluding hydrogens is 556 g/mol. The molecule has 2 heterocycles. The molecule has 2 amide bonds. The van der Waals surface area contributed by atoms with E-state index in [1.54, 1.807) is 45.9 Å². The maximum atomic E-state index is 13.1. The van der Waals surface area contributed by atoms with Crippen LogP contribution in [0.1, 0.15) is 50.9 Å². The van der Waals surface area contributed by atoms with E-state index in [1.165, 1.54) is 29.7 Å². The first-order valence-corrected chi connectivity index (χ1v) is 14.7. The Morgan fingerprint density at radius 2 is 1.86 bits per heavy atom. The second-order valence-corrected chi connectivity index (χ2v) is 11.8. The van der Waals surface area contributed by atoms with E-state index in [1.807, 2.05) is 6.07 Å². The van der Waals surface area contributed by atoms with Gasteiger partial charge in [-0.25, -0.2) is 4.79 Å². The summed E-state index contributed by atoms with van der Waals surface area (Å²) in [6, 6.07) is 6.74. The van der Waals surface area contributed by atoms with Crippen LogP contribution in [-0.2, 0) is 20.9 Å². The highest BCUT2D eigenvalue weighted by Gasteiger charge is 2.22. The van der Waals surface area contributed by atoms with Crippen molar-refractivity contribution in [3.05, 3.63) is 56.0 Å². The lowest BCUT2D eigenvalue weighted by Crippen LogP contribution is -2.33. The maximum Gasteiger partial charge on any atom is 0.352 e. The molecule has 42 heavy (non-hydrogen) atoms. The predicted octanol–water partition coefficient (Wildman–Crippen LogP) is 1.99. The van der Waals surface area contributed by atoms with Crippen molar-refractivity contribution < 1.29 is 19.1 Å². The number of anilines is 2. The summed E-state index contributed by atoms with van der Waals surface area (Å²) in [6.45, 7) is 14.1. The Morgan fingerprint density at radius 3 is 2.48 bits per heavy atom. The molecule has 12 heteroatoms. The van der Waals surface area contributed by atoms with Gasteiger partial charge in [0, 0.05) is 48.2 Å². The summed E-state index contributed by atoms with van der Waals surface area (Å²) >= 11 is 0.969. The minimum atomic E-state index is -0.844. The molecule has 0 aliphatic carbocycles. The highest BCUT2D eigenvalue weighted by Crippen LogP contribution is 2.23. The van der Waals surface area contributed by atoms with E-state index in [4.69, 9.17) is 4.74 Å². The molecule has 2 aromatic rings. The number of nitrogens with one attached hydrogen (secondary N) is 3. The van der Waals surface area contributed by atoms with E-state index in [2.05, 4.69) is 27.4 Å². The number of nitriles is 1. The molecule has 0 radical (unpaired) electrons. The summed E-state index contributed by atoms with van der Waals surface area (Å²) in [5, 5.41) is 18.5. The number of benzene rings is 1. The Bertz CT molecular complexity index is 1550. The van der Waals surface area contributed by atoms with Gasteiger partial charge in [-0.1, -0.05) is 33.4 Å². The first-order valence-electron chi connectivity index (χ1n) is 13.8. The van der Waals surface area contributed by atoms with Gasteiger partial charge >= 0.3 is 5.97 Å². The monoisotopic (exact) mass is 594 g/mol. The number of likely N-dealkylation sites (tertiary alicyclic amines) is 1. The molecule has 3 rings (SSSR count). The zero-order valence-electron chi connectivity index (χ0n) is 24.5. The molecular formula is C30H38N6O5S. The minimum absolute atomic E-state index is 0.0669. The van der Waals surface area contributed by atoms with Crippen LogP contribution in [0.2, 0.25) is 0 Å². The fraction of sp³-hybridized carbons (Fsp3) is 0.433. The standard InChI is InChI=1S/C30H38N6O5S/c1-6-14-41-28(39)23(18-31)27-36(7-2)26(38)24(42-27)19-33-21-15-20(16-22(17-21)34-29(40)30(3,4)5)25(37)32-10-13-35-11-8-9-12-35/h6,15-17,19,33H,1,7-14H2,2-5H3,(H,32,37)(H,34,40)/b24-19+,27-23-. The van der Waals surface area contributed by atoms with Gasteiger partial charge < -0.3 is 25.6 Å². The van der Waals surface area contributed by atoms with Crippen molar-refractivity contribution >= 4 is 52.3 Å². The van der Waals surface area contributed by atoms with Crippen molar-refractivity contribution in [2.24, 2.45) is 5.41 Å². The Kier molecular flexibility index (Phi) is 11.2. The molecule has 224 valence electrons. The van der Waals surface area contributed by atoms with Gasteiger partial charge in [-0.2, -0.15) is 5.26 Å². The lowest BCUT2D eigenvalue weighted by molar-refractivity contribution is -0.135. The molecule has 0 spiro atoms. The van der Waals surface area contributed by atoms with Gasteiger partial charge in [-0.3, -0.25) is 19.0 Å². The van der Waals surface area contributed by atoms with Crippen LogP contribution in [0.4, 0.5) is 11.4 Å². The van der Waals surface area contributed by atoms with Crippen molar-refractivity contribution in [1.29, 1.82) is 5.26 Å². The molecule has 1 aliphatic rings. The van der Waals surface area contributed by atoms with Crippen molar-refractivity contribution in [2.45, 2.75) is 47.1 Å². The first-order chi connectivity index (χ1) is 20.0. The summed E-state index contributed by atoms with van der Waals surface area (Å²) in [7, 11) is 0. The largest absolute Gasteiger partial charge is 0.457 e. The number of carbonyl (C=O) groups is 3. The quantitative estimate of drug-likeness (QED) is 0.265. The number of thiazole rings is 1. The number of nitrogens with zero attached hydrogens (tertiary/aromatic N) is 3. The summed E-state index contributed by atoms with van der Waals surface area (Å²) in [4.78, 5) is 53.6. The molecule has 0 atom stereocenters. The smallest absolute Gasteiger partial charge is 0.352 e. The third-order valence-corrected chi connectivity index (χ3v) is 7.63. The Morgan fingerprint density at radius 1 is 1.17 bits per heavy atom. The van der Waals surface area contributed by atoms with E-state index >= 15 is 0 Å². The number of rotatable bonds is 11. The van der Waals surface area contributed by atoms with E-state index in [0.717, 1.165) is 31.0 Å². The second kappa shape index (κ2) is 14.6. The van der Waals surface area contributed by atoms with Crippen molar-refractivity contribution in [3.63, 3.8) is 0 Å². The molecule has 1 aliphatic heterocycles. The van der Waals surface area contributed by atoms with Crippen LogP contribution in [0.3, 0.4) is 0 Å². The normalized spacial score (nSPS) is 14.6. The van der Waals surface area contributed by atoms with Crippen molar-refractivity contribution in [3.8, 4) is 6.07 Å². The van der Waals surface area contributed by atoms with Crippen LogP contribution >= 0.6 is 11.3 Å². The molecule has 0 saturated carbocycles. The van der Waals surface area contributed by atoms with Crippen LogP contribution in [0, 0.1) is 16.7 Å². The lowest BCUT2D eigenvalue weighted by Gasteiger charge is -2.19. The van der Waals surface area contributed by atoms with Gasteiger partial charge in [0.15, 0.2) is 5.57 Å². The molecule has 1 saturated heterocycles. The van der Waals surface area contributed by atoms with Crippen LogP contribution in [-0.4, -0.2) is 60.0 Å². The van der Waals surface area contributed by atoms with E-state index in [9.17, 15) is 24.4 Å². The number of ether oxygens (including phenoxy) is 1. The predicted molar refractivity (Wildman–Crippen MR) is 164 cm³/mol. The zero-order chi connectivity index (χ0) is 30.9. The molecule has 1 aromatic carbocycles. The maximum absolute atomic E-state index is 13.1. The summed E-state index contributed by atoms with van der Waals surface area (Å²) < 4.78 is 6.75. The molecule has 1 fully saturated rings. The summed E-state index contributed by atoms with van der Waals surface area (Å²) in [5.74, 6) is -1.36. The number of hydrogen-bond acceptors (Lipinski definition) is 9. The van der Waals surface area contributed by atoms with E-state index in [0.29, 0.717) is 23.5 Å². The molecule has 0 bridgehead atoms. The topological polar surface area (TPSA) is 146 Å². The SMILES string of the molecule is C=CCOC(=O)/C(C#N)=c1\s/c(=C/Nc2cc(NC(=O)C(C)(C)C)cc(C(=O)NCCN3CCCC3)c2)c(=O)n1CC. The van der Waals surface area contributed by atoms with Crippen LogP contribution < -0.4 is 30.7 Å². The number of hydrogen-bond donors (Lipinski definition) is 3. The number of amides is 2. The molecule has 3 N–H and O–H groups in total. The van der Waals surface area contributed by atoms with Crippen molar-refractivity contribution in [1.82, 2.24) is 14.8 Å². The highest BCUT2D eigenvalue weighted by molar-refractivity contribution is 7.07. The first kappa shape index (κ1) is 32.3. The van der Waals surface area contributed by atoms with Crippen LogP contribution in [0.25, 0.3) is 11.8 Å². The Hall–Kier alpha value is -4.21. The number of aromatic nitrogens is 1. The summed E-state index contributed by atoms with van der Waals surface area (Å²) in [5.41, 5.74) is -0.123. The third-order valence-electron chi connectivity index (χ3n) is 6.50.